The number of benzene rings is 2. The van der Waals surface area contributed by atoms with Gasteiger partial charge in [0.05, 0.1) is 6.54 Å². The van der Waals surface area contributed by atoms with E-state index >= 15 is 0 Å². The average molecular weight is 383 g/mol. The maximum absolute atomic E-state index is 12.0. The van der Waals surface area contributed by atoms with E-state index in [4.69, 9.17) is 9.47 Å². The summed E-state index contributed by atoms with van der Waals surface area (Å²) in [5.74, 6) is 0.764. The van der Waals surface area contributed by atoms with Crippen LogP contribution in [0.5, 0.6) is 11.5 Å². The lowest BCUT2D eigenvalue weighted by Crippen LogP contribution is -2.38. The second-order valence-electron chi connectivity index (χ2n) is 7.54. The Hall–Kier alpha value is -3.22. The number of ether oxygens (including phenoxy) is 2. The van der Waals surface area contributed by atoms with Crippen molar-refractivity contribution >= 4 is 23.3 Å². The number of urea groups is 1. The highest BCUT2D eigenvalue weighted by atomic mass is 16.6. The molecular weight excluding hydrogens is 358 g/mol. The SMILES string of the molecule is CC(C)(C)c1ccc(NCC(=O)NC(=O)Nc2ccc3c(c2)OCCO3)cc1. The number of carbonyl (C=O) groups is 2. The van der Waals surface area contributed by atoms with Crippen molar-refractivity contribution in [2.75, 3.05) is 30.4 Å². The quantitative estimate of drug-likeness (QED) is 0.752. The van der Waals surface area contributed by atoms with Crippen LogP contribution in [0.15, 0.2) is 42.5 Å². The summed E-state index contributed by atoms with van der Waals surface area (Å²) in [5, 5.41) is 7.91. The molecule has 0 aliphatic carbocycles. The minimum absolute atomic E-state index is 0.0105. The van der Waals surface area contributed by atoms with Gasteiger partial charge in [0.1, 0.15) is 13.2 Å². The molecule has 3 N–H and O–H groups in total. The van der Waals surface area contributed by atoms with Crippen molar-refractivity contribution in [2.45, 2.75) is 26.2 Å². The van der Waals surface area contributed by atoms with E-state index in [-0.39, 0.29) is 12.0 Å². The smallest absolute Gasteiger partial charge is 0.325 e. The van der Waals surface area contributed by atoms with Crippen molar-refractivity contribution in [3.05, 3.63) is 48.0 Å². The number of carbonyl (C=O) groups excluding carboxylic acids is 2. The maximum Gasteiger partial charge on any atom is 0.325 e. The standard InChI is InChI=1S/C21H25N3O4/c1-21(2,3)14-4-6-15(7-5-14)22-13-19(25)24-20(26)23-16-8-9-17-18(12-16)28-11-10-27-17/h4-9,12,22H,10-11,13H2,1-3H3,(H2,23,24,25,26). The minimum Gasteiger partial charge on any atom is -0.486 e. The zero-order valence-electron chi connectivity index (χ0n) is 16.3. The van der Waals surface area contributed by atoms with Crippen LogP contribution in [0.2, 0.25) is 0 Å². The van der Waals surface area contributed by atoms with Crippen molar-refractivity contribution in [2.24, 2.45) is 0 Å². The Morgan fingerprint density at radius 2 is 1.57 bits per heavy atom. The number of hydrogen-bond donors (Lipinski definition) is 3. The highest BCUT2D eigenvalue weighted by molar-refractivity contribution is 6.02. The Balaban J connectivity index is 1.47. The third kappa shape index (κ3) is 5.16. The van der Waals surface area contributed by atoms with Crippen molar-refractivity contribution in [3.8, 4) is 11.5 Å². The van der Waals surface area contributed by atoms with Gasteiger partial charge in [-0.1, -0.05) is 32.9 Å². The van der Waals surface area contributed by atoms with Crippen LogP contribution in [-0.4, -0.2) is 31.7 Å². The van der Waals surface area contributed by atoms with Crippen molar-refractivity contribution in [3.63, 3.8) is 0 Å². The average Bonchev–Trinajstić information content (AvgIpc) is 2.66. The third-order valence-electron chi connectivity index (χ3n) is 4.26. The highest BCUT2D eigenvalue weighted by Gasteiger charge is 2.15. The highest BCUT2D eigenvalue weighted by Crippen LogP contribution is 2.32. The monoisotopic (exact) mass is 383 g/mol. The summed E-state index contributed by atoms with van der Waals surface area (Å²) in [4.78, 5) is 24.0. The fourth-order valence-corrected chi connectivity index (χ4v) is 2.72. The fraction of sp³-hybridized carbons (Fsp3) is 0.333. The summed E-state index contributed by atoms with van der Waals surface area (Å²) in [5.41, 5.74) is 2.61. The zero-order chi connectivity index (χ0) is 20.1. The molecule has 7 heteroatoms. The number of anilines is 2. The van der Waals surface area contributed by atoms with E-state index < -0.39 is 11.9 Å². The summed E-state index contributed by atoms with van der Waals surface area (Å²) < 4.78 is 10.9. The summed E-state index contributed by atoms with van der Waals surface area (Å²) in [6.07, 6.45) is 0. The molecule has 28 heavy (non-hydrogen) atoms. The van der Waals surface area contributed by atoms with Crippen LogP contribution in [0.1, 0.15) is 26.3 Å². The Kier molecular flexibility index (Phi) is 5.73. The van der Waals surface area contributed by atoms with E-state index in [0.29, 0.717) is 30.4 Å². The molecule has 1 aliphatic heterocycles. The molecule has 0 radical (unpaired) electrons. The van der Waals surface area contributed by atoms with Gasteiger partial charge in [-0.3, -0.25) is 10.1 Å². The number of hydrogen-bond acceptors (Lipinski definition) is 5. The van der Waals surface area contributed by atoms with Gasteiger partial charge in [0.15, 0.2) is 11.5 Å². The number of rotatable bonds is 4. The minimum atomic E-state index is -0.605. The van der Waals surface area contributed by atoms with Crippen LogP contribution in [0.4, 0.5) is 16.2 Å². The van der Waals surface area contributed by atoms with Gasteiger partial charge in [-0.15, -0.1) is 0 Å². The van der Waals surface area contributed by atoms with Gasteiger partial charge in [0, 0.05) is 17.4 Å². The van der Waals surface area contributed by atoms with Crippen LogP contribution in [0, 0.1) is 0 Å². The summed E-state index contributed by atoms with van der Waals surface area (Å²) in [6.45, 7) is 7.38. The first-order valence-electron chi connectivity index (χ1n) is 9.16. The van der Waals surface area contributed by atoms with Crippen LogP contribution in [0.3, 0.4) is 0 Å². The Morgan fingerprint density at radius 3 is 2.25 bits per heavy atom. The van der Waals surface area contributed by atoms with Crippen LogP contribution in [-0.2, 0) is 10.2 Å². The van der Waals surface area contributed by atoms with Gasteiger partial charge >= 0.3 is 6.03 Å². The Morgan fingerprint density at radius 1 is 0.929 bits per heavy atom. The molecule has 0 spiro atoms. The molecule has 2 aromatic carbocycles. The number of amides is 3. The summed E-state index contributed by atoms with van der Waals surface area (Å²) in [7, 11) is 0. The van der Waals surface area contributed by atoms with Gasteiger partial charge in [0.2, 0.25) is 5.91 Å². The molecule has 0 atom stereocenters. The molecule has 2 aromatic rings. The van der Waals surface area contributed by atoms with E-state index in [9.17, 15) is 9.59 Å². The van der Waals surface area contributed by atoms with Crippen LogP contribution < -0.4 is 25.4 Å². The lowest BCUT2D eigenvalue weighted by Gasteiger charge is -2.19. The first-order valence-corrected chi connectivity index (χ1v) is 9.16. The molecule has 7 nitrogen and oxygen atoms in total. The van der Waals surface area contributed by atoms with Gasteiger partial charge in [0.25, 0.3) is 0 Å². The molecule has 0 aromatic heterocycles. The van der Waals surface area contributed by atoms with Crippen molar-refractivity contribution < 1.29 is 19.1 Å². The third-order valence-corrected chi connectivity index (χ3v) is 4.26. The zero-order valence-corrected chi connectivity index (χ0v) is 16.3. The second-order valence-corrected chi connectivity index (χ2v) is 7.54. The molecule has 0 unspecified atom stereocenters. The molecule has 3 rings (SSSR count). The number of imide groups is 1. The molecule has 3 amide bonds. The van der Waals surface area contributed by atoms with Gasteiger partial charge in [-0.05, 0) is 35.2 Å². The van der Waals surface area contributed by atoms with Gasteiger partial charge < -0.3 is 20.1 Å². The Labute approximate surface area is 164 Å². The molecule has 0 fully saturated rings. The predicted molar refractivity (Wildman–Crippen MR) is 108 cm³/mol. The first-order chi connectivity index (χ1) is 13.3. The van der Waals surface area contributed by atoms with Gasteiger partial charge in [-0.25, -0.2) is 4.79 Å². The molecule has 0 saturated heterocycles. The molecule has 1 heterocycles. The topological polar surface area (TPSA) is 88.7 Å². The number of fused-ring (bicyclic) bond motifs is 1. The van der Waals surface area contributed by atoms with Crippen LogP contribution in [0.25, 0.3) is 0 Å². The largest absolute Gasteiger partial charge is 0.486 e. The first kappa shape index (κ1) is 19.5. The number of nitrogens with one attached hydrogen (secondary N) is 3. The molecule has 0 saturated carbocycles. The molecular formula is C21H25N3O4. The fourth-order valence-electron chi connectivity index (χ4n) is 2.72. The second kappa shape index (κ2) is 8.21. The predicted octanol–water partition coefficient (Wildman–Crippen LogP) is 3.52. The maximum atomic E-state index is 12.0. The molecule has 1 aliphatic rings. The van der Waals surface area contributed by atoms with E-state index in [2.05, 4.69) is 36.7 Å². The molecule has 148 valence electrons. The van der Waals surface area contributed by atoms with E-state index in [0.717, 1.165) is 5.69 Å². The van der Waals surface area contributed by atoms with E-state index in [1.165, 1.54) is 5.56 Å². The lowest BCUT2D eigenvalue weighted by atomic mass is 9.87. The van der Waals surface area contributed by atoms with Gasteiger partial charge in [-0.2, -0.15) is 0 Å². The molecule has 0 bridgehead atoms. The lowest BCUT2D eigenvalue weighted by molar-refractivity contribution is -0.118. The summed E-state index contributed by atoms with van der Waals surface area (Å²) >= 11 is 0. The van der Waals surface area contributed by atoms with E-state index in [1.807, 2.05) is 24.3 Å². The van der Waals surface area contributed by atoms with Crippen molar-refractivity contribution in [1.29, 1.82) is 0 Å². The normalized spacial score (nSPS) is 12.8. The van der Waals surface area contributed by atoms with Crippen LogP contribution >= 0.6 is 0 Å². The van der Waals surface area contributed by atoms with E-state index in [1.54, 1.807) is 18.2 Å². The van der Waals surface area contributed by atoms with Crippen molar-refractivity contribution in [1.82, 2.24) is 5.32 Å². The summed E-state index contributed by atoms with van der Waals surface area (Å²) in [6, 6.07) is 12.3. The Bertz CT molecular complexity index is 857.